The minimum atomic E-state index is -0.0882. The average Bonchev–Trinajstić information content (AvgIpc) is 2.77. The summed E-state index contributed by atoms with van der Waals surface area (Å²) in [7, 11) is 3.19. The van der Waals surface area contributed by atoms with Crippen molar-refractivity contribution in [1.29, 1.82) is 0 Å². The third kappa shape index (κ3) is 5.77. The van der Waals surface area contributed by atoms with Crippen LogP contribution in [0.5, 0.6) is 17.2 Å². The van der Waals surface area contributed by atoms with Gasteiger partial charge in [-0.25, -0.2) is 0 Å². The summed E-state index contributed by atoms with van der Waals surface area (Å²) in [4.78, 5) is 12.4. The normalized spacial score (nSPS) is 10.8. The Morgan fingerprint density at radius 3 is 2.33 bits per heavy atom. The summed E-state index contributed by atoms with van der Waals surface area (Å²) in [6.07, 6.45) is 3.31. The zero-order valence-electron chi connectivity index (χ0n) is 16.5. The van der Waals surface area contributed by atoms with Gasteiger partial charge in [0.05, 0.1) is 17.8 Å². The summed E-state index contributed by atoms with van der Waals surface area (Å²) in [5, 5.41) is 0.686. The fraction of sp³-hybridized carbons (Fsp3) is 0.125. The molecule has 3 aromatic rings. The van der Waals surface area contributed by atoms with Crippen molar-refractivity contribution in [2.45, 2.75) is 6.61 Å². The van der Waals surface area contributed by atoms with Crippen molar-refractivity contribution in [2.75, 3.05) is 14.2 Å². The molecule has 3 aromatic carbocycles. The highest BCUT2D eigenvalue weighted by molar-refractivity contribution is 14.1. The van der Waals surface area contributed by atoms with Crippen molar-refractivity contribution >= 4 is 46.1 Å². The minimum absolute atomic E-state index is 0.0882. The Labute approximate surface area is 194 Å². The molecule has 0 aliphatic carbocycles. The molecule has 0 aromatic heterocycles. The van der Waals surface area contributed by atoms with Gasteiger partial charge in [0.25, 0.3) is 0 Å². The summed E-state index contributed by atoms with van der Waals surface area (Å²) in [5.41, 5.74) is 2.44. The number of allylic oxidation sites excluding steroid dienone is 1. The highest BCUT2D eigenvalue weighted by Crippen LogP contribution is 2.35. The molecule has 0 aliphatic heterocycles. The molecule has 0 fully saturated rings. The number of carbonyl (C=O) groups excluding carboxylic acids is 1. The van der Waals surface area contributed by atoms with Crippen LogP contribution in [0.3, 0.4) is 0 Å². The molecule has 0 spiro atoms. The van der Waals surface area contributed by atoms with Crippen molar-refractivity contribution in [3.8, 4) is 17.2 Å². The minimum Gasteiger partial charge on any atom is -0.497 e. The standard InChI is InChI=1S/C24H20ClIO4/c1-28-20-10-6-18(7-11-20)22(27)12-5-17-13-21(26)24(23(14-17)29-2)30-15-16-3-8-19(25)9-4-16/h3-14H,15H2,1-2H3/b12-5+. The lowest BCUT2D eigenvalue weighted by molar-refractivity contribution is 0.104. The Hall–Kier alpha value is -2.51. The number of ketones is 1. The maximum absolute atomic E-state index is 12.4. The molecule has 0 aliphatic rings. The molecular weight excluding hydrogens is 515 g/mol. The molecular formula is C24H20ClIO4. The van der Waals surface area contributed by atoms with Gasteiger partial charge in [-0.05, 0) is 88.3 Å². The summed E-state index contributed by atoms with van der Waals surface area (Å²) < 4.78 is 17.5. The van der Waals surface area contributed by atoms with Gasteiger partial charge in [0.1, 0.15) is 12.4 Å². The van der Waals surface area contributed by atoms with Crippen LogP contribution in [-0.2, 0) is 6.61 Å². The number of carbonyl (C=O) groups is 1. The van der Waals surface area contributed by atoms with Crippen LogP contribution in [0.4, 0.5) is 0 Å². The Bertz CT molecular complexity index is 1040. The van der Waals surface area contributed by atoms with Gasteiger partial charge in [-0.2, -0.15) is 0 Å². The van der Waals surface area contributed by atoms with Gasteiger partial charge in [-0.3, -0.25) is 4.79 Å². The molecule has 0 bridgehead atoms. The molecule has 4 nitrogen and oxygen atoms in total. The second kappa shape index (κ2) is 10.5. The van der Waals surface area contributed by atoms with E-state index >= 15 is 0 Å². The highest BCUT2D eigenvalue weighted by atomic mass is 127. The molecule has 0 saturated heterocycles. The van der Waals surface area contributed by atoms with E-state index in [2.05, 4.69) is 22.6 Å². The first kappa shape index (κ1) is 22.2. The lowest BCUT2D eigenvalue weighted by Crippen LogP contribution is -2.00. The molecule has 0 atom stereocenters. The Balaban J connectivity index is 1.74. The van der Waals surface area contributed by atoms with Gasteiger partial charge in [0, 0.05) is 10.6 Å². The lowest BCUT2D eigenvalue weighted by Gasteiger charge is -2.14. The van der Waals surface area contributed by atoms with E-state index in [1.807, 2.05) is 36.4 Å². The van der Waals surface area contributed by atoms with Crippen LogP contribution in [0.15, 0.2) is 66.7 Å². The highest BCUT2D eigenvalue weighted by Gasteiger charge is 2.12. The second-order valence-electron chi connectivity index (χ2n) is 6.38. The topological polar surface area (TPSA) is 44.8 Å². The zero-order chi connectivity index (χ0) is 21.5. The van der Waals surface area contributed by atoms with Crippen molar-refractivity contribution in [3.63, 3.8) is 0 Å². The van der Waals surface area contributed by atoms with Crippen LogP contribution in [-0.4, -0.2) is 20.0 Å². The molecule has 154 valence electrons. The molecule has 6 heteroatoms. The third-order valence-electron chi connectivity index (χ3n) is 4.35. The number of methoxy groups -OCH3 is 2. The predicted molar refractivity (Wildman–Crippen MR) is 128 cm³/mol. The fourth-order valence-corrected chi connectivity index (χ4v) is 3.64. The molecule has 0 heterocycles. The van der Waals surface area contributed by atoms with E-state index in [1.165, 1.54) is 0 Å². The molecule has 0 radical (unpaired) electrons. The Morgan fingerprint density at radius 2 is 1.70 bits per heavy atom. The van der Waals surface area contributed by atoms with E-state index in [0.717, 1.165) is 14.7 Å². The molecule has 0 unspecified atom stereocenters. The van der Waals surface area contributed by atoms with Crippen LogP contribution < -0.4 is 14.2 Å². The zero-order valence-corrected chi connectivity index (χ0v) is 19.4. The van der Waals surface area contributed by atoms with Crippen LogP contribution in [0, 0.1) is 3.57 Å². The van der Waals surface area contributed by atoms with Gasteiger partial charge in [-0.1, -0.05) is 29.8 Å². The molecule has 0 N–H and O–H groups in total. The summed E-state index contributed by atoms with van der Waals surface area (Å²) in [5.74, 6) is 1.89. The fourth-order valence-electron chi connectivity index (χ4n) is 2.74. The number of benzene rings is 3. The van der Waals surface area contributed by atoms with Crippen molar-refractivity contribution in [3.05, 3.63) is 92.0 Å². The summed E-state index contributed by atoms with van der Waals surface area (Å²) in [6.45, 7) is 0.397. The first-order valence-electron chi connectivity index (χ1n) is 9.11. The van der Waals surface area contributed by atoms with Crippen molar-refractivity contribution in [2.24, 2.45) is 0 Å². The molecule has 3 rings (SSSR count). The predicted octanol–water partition coefficient (Wildman–Crippen LogP) is 6.44. The maximum Gasteiger partial charge on any atom is 0.185 e. The molecule has 0 amide bonds. The first-order chi connectivity index (χ1) is 14.5. The maximum atomic E-state index is 12.4. The summed E-state index contributed by atoms with van der Waals surface area (Å²) >= 11 is 8.13. The van der Waals surface area contributed by atoms with E-state index in [-0.39, 0.29) is 5.78 Å². The second-order valence-corrected chi connectivity index (χ2v) is 7.97. The van der Waals surface area contributed by atoms with Crippen LogP contribution in [0.2, 0.25) is 5.02 Å². The summed E-state index contributed by atoms with van der Waals surface area (Å²) in [6, 6.07) is 18.3. The van der Waals surface area contributed by atoms with Gasteiger partial charge >= 0.3 is 0 Å². The van der Waals surface area contributed by atoms with E-state index in [1.54, 1.807) is 50.6 Å². The monoisotopic (exact) mass is 534 g/mol. The quantitative estimate of drug-likeness (QED) is 0.190. The van der Waals surface area contributed by atoms with E-state index < -0.39 is 0 Å². The van der Waals surface area contributed by atoms with Crippen molar-refractivity contribution in [1.82, 2.24) is 0 Å². The smallest absolute Gasteiger partial charge is 0.185 e. The SMILES string of the molecule is COc1ccc(C(=O)/C=C/c2cc(I)c(OCc3ccc(Cl)cc3)c(OC)c2)cc1. The number of rotatable bonds is 8. The largest absolute Gasteiger partial charge is 0.497 e. The average molecular weight is 535 g/mol. The number of hydrogen-bond acceptors (Lipinski definition) is 4. The van der Waals surface area contributed by atoms with Gasteiger partial charge in [0.2, 0.25) is 0 Å². The van der Waals surface area contributed by atoms with Gasteiger partial charge in [-0.15, -0.1) is 0 Å². The lowest BCUT2D eigenvalue weighted by atomic mass is 10.1. The number of ether oxygens (including phenoxy) is 3. The van der Waals surface area contributed by atoms with Crippen LogP contribution >= 0.6 is 34.2 Å². The van der Waals surface area contributed by atoms with E-state index in [9.17, 15) is 4.79 Å². The Morgan fingerprint density at radius 1 is 1.00 bits per heavy atom. The molecule has 0 saturated carbocycles. The number of hydrogen-bond donors (Lipinski definition) is 0. The third-order valence-corrected chi connectivity index (χ3v) is 5.40. The van der Waals surface area contributed by atoms with Crippen LogP contribution in [0.25, 0.3) is 6.08 Å². The number of halogens is 2. The Kier molecular flexibility index (Phi) is 7.76. The van der Waals surface area contributed by atoms with E-state index in [0.29, 0.717) is 34.4 Å². The van der Waals surface area contributed by atoms with Crippen molar-refractivity contribution < 1.29 is 19.0 Å². The van der Waals surface area contributed by atoms with Gasteiger partial charge < -0.3 is 14.2 Å². The van der Waals surface area contributed by atoms with E-state index in [4.69, 9.17) is 25.8 Å². The van der Waals surface area contributed by atoms with Gasteiger partial charge in [0.15, 0.2) is 17.3 Å². The van der Waals surface area contributed by atoms with Crippen LogP contribution in [0.1, 0.15) is 21.5 Å². The first-order valence-corrected chi connectivity index (χ1v) is 10.6. The molecule has 30 heavy (non-hydrogen) atoms.